The van der Waals surface area contributed by atoms with Crippen molar-refractivity contribution >= 4 is 22.7 Å². The van der Waals surface area contributed by atoms with Crippen molar-refractivity contribution in [1.29, 1.82) is 0 Å². The number of fused-ring (bicyclic) bond motifs is 1. The Labute approximate surface area is 187 Å². The topological polar surface area (TPSA) is 65.4 Å². The van der Waals surface area contributed by atoms with Gasteiger partial charge in [0.05, 0.1) is 13.0 Å². The molecule has 0 fully saturated rings. The predicted molar refractivity (Wildman–Crippen MR) is 126 cm³/mol. The van der Waals surface area contributed by atoms with Crippen LogP contribution in [0.1, 0.15) is 18.4 Å². The number of nitrogens with one attached hydrogen (secondary N) is 1. The predicted octanol–water partition coefficient (Wildman–Crippen LogP) is 5.05. The average Bonchev–Trinajstić information content (AvgIpc) is 3.25. The second-order valence-electron chi connectivity index (χ2n) is 7.47. The van der Waals surface area contributed by atoms with Crippen molar-refractivity contribution in [2.45, 2.75) is 26.0 Å². The van der Waals surface area contributed by atoms with Crippen LogP contribution in [0.15, 0.2) is 85.2 Å². The normalized spacial score (nSPS) is 10.8. The first-order chi connectivity index (χ1) is 15.8. The second-order valence-corrected chi connectivity index (χ2v) is 7.47. The molecule has 164 valence electrons. The van der Waals surface area contributed by atoms with Gasteiger partial charge < -0.3 is 19.4 Å². The number of benzene rings is 2. The van der Waals surface area contributed by atoms with Crippen molar-refractivity contribution in [3.8, 4) is 5.75 Å². The van der Waals surface area contributed by atoms with E-state index in [0.29, 0.717) is 26.2 Å². The fourth-order valence-corrected chi connectivity index (χ4v) is 3.43. The number of pyridine rings is 1. The highest BCUT2D eigenvalue weighted by Gasteiger charge is 2.07. The fourth-order valence-electron chi connectivity index (χ4n) is 3.43. The SMILES string of the molecule is O=C(CCn1ccc2cc(OCCCNc3ccccn3)ccc21)OCc1ccccc1. The zero-order valence-corrected chi connectivity index (χ0v) is 17.9. The summed E-state index contributed by atoms with van der Waals surface area (Å²) in [4.78, 5) is 16.3. The highest BCUT2D eigenvalue weighted by Crippen LogP contribution is 2.22. The number of aryl methyl sites for hydroxylation is 1. The highest BCUT2D eigenvalue weighted by molar-refractivity contribution is 5.82. The molecule has 4 rings (SSSR count). The van der Waals surface area contributed by atoms with Gasteiger partial charge in [-0.1, -0.05) is 36.4 Å². The van der Waals surface area contributed by atoms with Crippen LogP contribution in [-0.4, -0.2) is 28.7 Å². The number of rotatable bonds is 11. The molecule has 0 spiro atoms. The van der Waals surface area contributed by atoms with Crippen LogP contribution in [-0.2, 0) is 22.7 Å². The molecule has 1 N–H and O–H groups in total. The summed E-state index contributed by atoms with van der Waals surface area (Å²) in [5.41, 5.74) is 2.07. The zero-order chi connectivity index (χ0) is 22.0. The van der Waals surface area contributed by atoms with Crippen LogP contribution in [0.5, 0.6) is 5.75 Å². The van der Waals surface area contributed by atoms with Gasteiger partial charge >= 0.3 is 5.97 Å². The van der Waals surface area contributed by atoms with E-state index in [4.69, 9.17) is 9.47 Å². The maximum atomic E-state index is 12.1. The third-order valence-electron chi connectivity index (χ3n) is 5.10. The Morgan fingerprint density at radius 3 is 2.72 bits per heavy atom. The van der Waals surface area contributed by atoms with Gasteiger partial charge in [0.2, 0.25) is 0 Å². The van der Waals surface area contributed by atoms with E-state index in [1.165, 1.54) is 0 Å². The minimum atomic E-state index is -0.199. The van der Waals surface area contributed by atoms with E-state index in [-0.39, 0.29) is 5.97 Å². The first kappa shape index (κ1) is 21.4. The van der Waals surface area contributed by atoms with Gasteiger partial charge in [-0.15, -0.1) is 0 Å². The minimum absolute atomic E-state index is 0.199. The maximum Gasteiger partial charge on any atom is 0.307 e. The van der Waals surface area contributed by atoms with Crippen LogP contribution >= 0.6 is 0 Å². The molecule has 2 aromatic carbocycles. The van der Waals surface area contributed by atoms with Gasteiger partial charge in [-0.2, -0.15) is 0 Å². The first-order valence-corrected chi connectivity index (χ1v) is 10.8. The molecule has 32 heavy (non-hydrogen) atoms. The molecule has 0 radical (unpaired) electrons. The summed E-state index contributed by atoms with van der Waals surface area (Å²) < 4.78 is 13.3. The van der Waals surface area contributed by atoms with Crippen LogP contribution in [0.3, 0.4) is 0 Å². The van der Waals surface area contributed by atoms with Crippen molar-refractivity contribution in [2.75, 3.05) is 18.5 Å². The fraction of sp³-hybridized carbons (Fsp3) is 0.231. The van der Waals surface area contributed by atoms with Crippen LogP contribution in [0.25, 0.3) is 10.9 Å². The molecule has 0 amide bonds. The Morgan fingerprint density at radius 1 is 1.00 bits per heavy atom. The van der Waals surface area contributed by atoms with Crippen LogP contribution in [0.4, 0.5) is 5.82 Å². The van der Waals surface area contributed by atoms with E-state index in [0.717, 1.165) is 41.0 Å². The monoisotopic (exact) mass is 429 g/mol. The van der Waals surface area contributed by atoms with Gasteiger partial charge in [0.1, 0.15) is 18.2 Å². The molecule has 0 unspecified atom stereocenters. The van der Waals surface area contributed by atoms with Gasteiger partial charge in [0.25, 0.3) is 0 Å². The van der Waals surface area contributed by atoms with Crippen LogP contribution in [0, 0.1) is 0 Å². The Hall–Kier alpha value is -3.80. The molecular formula is C26H27N3O3. The lowest BCUT2D eigenvalue weighted by Gasteiger charge is -2.09. The Bertz CT molecular complexity index is 1130. The molecule has 2 aromatic heterocycles. The molecule has 2 heterocycles. The third kappa shape index (κ3) is 6.11. The molecule has 0 aliphatic carbocycles. The lowest BCUT2D eigenvalue weighted by molar-refractivity contribution is -0.145. The summed E-state index contributed by atoms with van der Waals surface area (Å²) in [6, 6.07) is 23.6. The Morgan fingerprint density at radius 2 is 1.88 bits per heavy atom. The number of hydrogen-bond donors (Lipinski definition) is 1. The number of esters is 1. The molecule has 0 aliphatic rings. The zero-order valence-electron chi connectivity index (χ0n) is 17.9. The summed E-state index contributed by atoms with van der Waals surface area (Å²) in [6.45, 7) is 2.32. The molecule has 6 nitrogen and oxygen atoms in total. The Balaban J connectivity index is 1.21. The minimum Gasteiger partial charge on any atom is -0.494 e. The third-order valence-corrected chi connectivity index (χ3v) is 5.10. The number of hydrogen-bond acceptors (Lipinski definition) is 5. The average molecular weight is 430 g/mol. The molecular weight excluding hydrogens is 402 g/mol. The lowest BCUT2D eigenvalue weighted by Crippen LogP contribution is -2.09. The number of carbonyl (C=O) groups excluding carboxylic acids is 1. The van der Waals surface area contributed by atoms with Crippen molar-refractivity contribution in [2.24, 2.45) is 0 Å². The van der Waals surface area contributed by atoms with E-state index >= 15 is 0 Å². The van der Waals surface area contributed by atoms with E-state index in [1.807, 2.05) is 79.0 Å². The molecule has 0 aliphatic heterocycles. The summed E-state index contributed by atoms with van der Waals surface area (Å²) in [7, 11) is 0. The smallest absolute Gasteiger partial charge is 0.307 e. The molecule has 0 saturated carbocycles. The number of aromatic nitrogens is 2. The molecule has 0 bridgehead atoms. The summed E-state index contributed by atoms with van der Waals surface area (Å²) >= 11 is 0. The van der Waals surface area contributed by atoms with Gasteiger partial charge in [-0.05, 0) is 48.4 Å². The molecule has 4 aromatic rings. The maximum absolute atomic E-state index is 12.1. The van der Waals surface area contributed by atoms with E-state index in [9.17, 15) is 4.79 Å². The molecule has 6 heteroatoms. The largest absolute Gasteiger partial charge is 0.494 e. The van der Waals surface area contributed by atoms with Crippen molar-refractivity contribution in [3.05, 3.63) is 90.8 Å². The quantitative estimate of drug-likeness (QED) is 0.267. The van der Waals surface area contributed by atoms with Gasteiger partial charge in [0, 0.05) is 36.4 Å². The second kappa shape index (κ2) is 11.0. The summed E-state index contributed by atoms with van der Waals surface area (Å²) in [6.07, 6.45) is 4.97. The number of carbonyl (C=O) groups is 1. The number of anilines is 1. The lowest BCUT2D eigenvalue weighted by atomic mass is 10.2. The van der Waals surface area contributed by atoms with E-state index < -0.39 is 0 Å². The number of ether oxygens (including phenoxy) is 2. The molecule has 0 atom stereocenters. The Kier molecular flexibility index (Phi) is 7.37. The van der Waals surface area contributed by atoms with Crippen LogP contribution < -0.4 is 10.1 Å². The number of nitrogens with zero attached hydrogens (tertiary/aromatic N) is 2. The van der Waals surface area contributed by atoms with E-state index in [1.54, 1.807) is 6.20 Å². The van der Waals surface area contributed by atoms with Crippen molar-refractivity contribution in [3.63, 3.8) is 0 Å². The highest BCUT2D eigenvalue weighted by atomic mass is 16.5. The van der Waals surface area contributed by atoms with Crippen molar-refractivity contribution < 1.29 is 14.3 Å². The van der Waals surface area contributed by atoms with Gasteiger partial charge in [-0.25, -0.2) is 4.98 Å². The summed E-state index contributed by atoms with van der Waals surface area (Å²) in [5.74, 6) is 1.52. The van der Waals surface area contributed by atoms with Gasteiger partial charge in [-0.3, -0.25) is 4.79 Å². The van der Waals surface area contributed by atoms with E-state index in [2.05, 4.69) is 14.9 Å². The van der Waals surface area contributed by atoms with Crippen molar-refractivity contribution in [1.82, 2.24) is 9.55 Å². The standard InChI is InChI=1S/C26H27N3O3/c30-26(32-20-21-7-2-1-3-8-21)13-17-29-16-12-22-19-23(10-11-24(22)29)31-18-6-15-28-25-9-4-5-14-27-25/h1-5,7-12,14,16,19H,6,13,15,17-18,20H2,(H,27,28). The van der Waals surface area contributed by atoms with Crippen LogP contribution in [0.2, 0.25) is 0 Å². The molecule has 0 saturated heterocycles. The summed E-state index contributed by atoms with van der Waals surface area (Å²) in [5, 5.41) is 4.36. The van der Waals surface area contributed by atoms with Gasteiger partial charge in [0.15, 0.2) is 0 Å². The first-order valence-electron chi connectivity index (χ1n) is 10.8.